The van der Waals surface area contributed by atoms with Crippen LogP contribution in [0.1, 0.15) is 22.3 Å². The molecular formula is C14H17FN2OS. The van der Waals surface area contributed by atoms with E-state index in [1.807, 2.05) is 6.26 Å². The molecule has 19 heavy (non-hydrogen) atoms. The third-order valence-electron chi connectivity index (χ3n) is 2.36. The maximum absolute atomic E-state index is 13.6. The predicted octanol–water partition coefficient (Wildman–Crippen LogP) is 1.62. The van der Waals surface area contributed by atoms with Crippen molar-refractivity contribution in [2.45, 2.75) is 6.42 Å². The fraction of sp³-hybridized carbons (Fsp3) is 0.357. The molecule has 1 rings (SSSR count). The molecule has 0 aliphatic carbocycles. The molecule has 0 unspecified atom stereocenters. The zero-order valence-corrected chi connectivity index (χ0v) is 11.6. The molecule has 0 aromatic heterocycles. The van der Waals surface area contributed by atoms with Gasteiger partial charge in [0.15, 0.2) is 0 Å². The van der Waals surface area contributed by atoms with Crippen LogP contribution in [0, 0.1) is 17.7 Å². The van der Waals surface area contributed by atoms with E-state index in [-0.39, 0.29) is 12.1 Å². The number of rotatable bonds is 5. The largest absolute Gasteiger partial charge is 0.352 e. The fourth-order valence-corrected chi connectivity index (χ4v) is 1.88. The van der Waals surface area contributed by atoms with Crippen LogP contribution in [0.25, 0.3) is 0 Å². The molecule has 1 amide bonds. The second-order valence-corrected chi connectivity index (χ2v) is 4.79. The molecule has 3 nitrogen and oxygen atoms in total. The van der Waals surface area contributed by atoms with E-state index in [0.717, 1.165) is 12.2 Å². The van der Waals surface area contributed by atoms with E-state index < -0.39 is 11.7 Å². The Labute approximate surface area is 117 Å². The Kier molecular flexibility index (Phi) is 7.01. The Bertz CT molecular complexity index is 494. The number of nitrogens with two attached hydrogens (primary N) is 1. The number of carbonyl (C=O) groups is 1. The minimum Gasteiger partial charge on any atom is -0.352 e. The van der Waals surface area contributed by atoms with Crippen molar-refractivity contribution < 1.29 is 9.18 Å². The van der Waals surface area contributed by atoms with Crippen LogP contribution in [-0.2, 0) is 0 Å². The van der Waals surface area contributed by atoms with Gasteiger partial charge in [0.2, 0.25) is 0 Å². The van der Waals surface area contributed by atoms with Crippen LogP contribution in [0.2, 0.25) is 0 Å². The number of amides is 1. The highest BCUT2D eigenvalue weighted by atomic mass is 32.2. The Morgan fingerprint density at radius 2 is 2.32 bits per heavy atom. The molecule has 102 valence electrons. The summed E-state index contributed by atoms with van der Waals surface area (Å²) in [5.41, 5.74) is 5.87. The van der Waals surface area contributed by atoms with Crippen LogP contribution in [0.4, 0.5) is 4.39 Å². The number of carbonyl (C=O) groups excluding carboxylic acids is 1. The van der Waals surface area contributed by atoms with E-state index in [2.05, 4.69) is 17.2 Å². The summed E-state index contributed by atoms with van der Waals surface area (Å²) in [7, 11) is 0. The summed E-state index contributed by atoms with van der Waals surface area (Å²) in [6.45, 7) is 0.769. The van der Waals surface area contributed by atoms with Crippen molar-refractivity contribution in [3.63, 3.8) is 0 Å². The smallest absolute Gasteiger partial charge is 0.254 e. The van der Waals surface area contributed by atoms with Gasteiger partial charge >= 0.3 is 0 Å². The molecule has 0 radical (unpaired) electrons. The highest BCUT2D eigenvalue weighted by Crippen LogP contribution is 2.10. The van der Waals surface area contributed by atoms with Gasteiger partial charge in [-0.05, 0) is 36.6 Å². The quantitative estimate of drug-likeness (QED) is 0.636. The van der Waals surface area contributed by atoms with E-state index in [1.165, 1.54) is 18.2 Å². The van der Waals surface area contributed by atoms with Gasteiger partial charge in [0, 0.05) is 12.1 Å². The minimum absolute atomic E-state index is 0.0213. The van der Waals surface area contributed by atoms with E-state index in [9.17, 15) is 9.18 Å². The molecule has 5 heteroatoms. The summed E-state index contributed by atoms with van der Waals surface area (Å²) in [5.74, 6) is 5.46. The normalized spacial score (nSPS) is 9.63. The van der Waals surface area contributed by atoms with Gasteiger partial charge < -0.3 is 11.1 Å². The van der Waals surface area contributed by atoms with Gasteiger partial charge in [-0.1, -0.05) is 11.8 Å². The second kappa shape index (κ2) is 8.57. The van der Waals surface area contributed by atoms with Crippen LogP contribution in [0.3, 0.4) is 0 Å². The summed E-state index contributed by atoms with van der Waals surface area (Å²) in [6, 6.07) is 4.22. The molecule has 0 bridgehead atoms. The van der Waals surface area contributed by atoms with E-state index >= 15 is 0 Å². The van der Waals surface area contributed by atoms with Gasteiger partial charge in [0.25, 0.3) is 5.91 Å². The van der Waals surface area contributed by atoms with E-state index in [1.54, 1.807) is 11.8 Å². The molecule has 0 aliphatic rings. The van der Waals surface area contributed by atoms with Crippen LogP contribution < -0.4 is 11.1 Å². The first-order valence-corrected chi connectivity index (χ1v) is 7.34. The van der Waals surface area contributed by atoms with Crippen LogP contribution in [0.5, 0.6) is 0 Å². The molecule has 0 saturated carbocycles. The molecule has 1 aromatic carbocycles. The maximum atomic E-state index is 13.6. The Morgan fingerprint density at radius 1 is 1.53 bits per heavy atom. The first-order chi connectivity index (χ1) is 9.19. The fourth-order valence-electron chi connectivity index (χ4n) is 1.44. The molecular weight excluding hydrogens is 263 g/mol. The van der Waals surface area contributed by atoms with Crippen molar-refractivity contribution in [1.29, 1.82) is 0 Å². The number of hydrogen-bond donors (Lipinski definition) is 2. The first-order valence-electron chi connectivity index (χ1n) is 5.94. The summed E-state index contributed by atoms with van der Waals surface area (Å²) >= 11 is 1.71. The summed E-state index contributed by atoms with van der Waals surface area (Å²) in [6.07, 6.45) is 2.86. The van der Waals surface area contributed by atoms with Crippen molar-refractivity contribution in [2.75, 3.05) is 25.1 Å². The summed E-state index contributed by atoms with van der Waals surface area (Å²) in [5, 5.41) is 2.69. The highest BCUT2D eigenvalue weighted by molar-refractivity contribution is 7.98. The summed E-state index contributed by atoms with van der Waals surface area (Å²) < 4.78 is 13.6. The molecule has 1 aromatic rings. The number of benzene rings is 1. The predicted molar refractivity (Wildman–Crippen MR) is 77.7 cm³/mol. The minimum atomic E-state index is -0.541. The third-order valence-corrected chi connectivity index (χ3v) is 3.05. The Hall–Kier alpha value is -1.51. The van der Waals surface area contributed by atoms with Crippen molar-refractivity contribution in [3.05, 3.63) is 35.1 Å². The molecule has 0 fully saturated rings. The molecule has 3 N–H and O–H groups in total. The van der Waals surface area contributed by atoms with Crippen LogP contribution in [0.15, 0.2) is 18.2 Å². The molecule has 0 heterocycles. The van der Waals surface area contributed by atoms with Gasteiger partial charge in [-0.25, -0.2) is 4.39 Å². The number of thioether (sulfide) groups is 1. The first kappa shape index (κ1) is 15.5. The lowest BCUT2D eigenvalue weighted by molar-refractivity contribution is 0.0949. The van der Waals surface area contributed by atoms with Crippen molar-refractivity contribution in [1.82, 2.24) is 5.32 Å². The number of hydrogen-bond acceptors (Lipinski definition) is 3. The average Bonchev–Trinajstić information content (AvgIpc) is 2.42. The Balaban J connectivity index is 2.72. The molecule has 0 saturated heterocycles. The van der Waals surface area contributed by atoms with Crippen LogP contribution in [-0.4, -0.2) is 31.0 Å². The monoisotopic (exact) mass is 280 g/mol. The average molecular weight is 280 g/mol. The molecule has 0 spiro atoms. The summed E-state index contributed by atoms with van der Waals surface area (Å²) in [4.78, 5) is 11.8. The van der Waals surface area contributed by atoms with Gasteiger partial charge in [-0.2, -0.15) is 11.8 Å². The SMILES string of the molecule is CSCCCNC(=O)c1cc(C#CCN)ccc1F. The molecule has 0 aliphatic heterocycles. The lowest BCUT2D eigenvalue weighted by atomic mass is 10.1. The van der Waals surface area contributed by atoms with Gasteiger partial charge in [-0.15, -0.1) is 0 Å². The van der Waals surface area contributed by atoms with Crippen LogP contribution >= 0.6 is 11.8 Å². The highest BCUT2D eigenvalue weighted by Gasteiger charge is 2.11. The molecule has 0 atom stereocenters. The zero-order chi connectivity index (χ0) is 14.1. The van der Waals surface area contributed by atoms with E-state index in [4.69, 9.17) is 5.73 Å². The van der Waals surface area contributed by atoms with Gasteiger partial charge in [0.05, 0.1) is 12.1 Å². The van der Waals surface area contributed by atoms with Crippen molar-refractivity contribution in [2.24, 2.45) is 5.73 Å². The number of nitrogens with one attached hydrogen (secondary N) is 1. The standard InChI is InChI=1S/C14H17FN2OS/c1-19-9-3-8-17-14(18)12-10-11(4-2-7-16)5-6-13(12)15/h5-6,10H,3,7-9,16H2,1H3,(H,17,18). The topological polar surface area (TPSA) is 55.1 Å². The second-order valence-electron chi connectivity index (χ2n) is 3.80. The van der Waals surface area contributed by atoms with Gasteiger partial charge in [0.1, 0.15) is 5.82 Å². The van der Waals surface area contributed by atoms with Crippen molar-refractivity contribution in [3.8, 4) is 11.8 Å². The van der Waals surface area contributed by atoms with Crippen molar-refractivity contribution >= 4 is 17.7 Å². The Morgan fingerprint density at radius 3 is 3.00 bits per heavy atom. The number of halogens is 1. The lowest BCUT2D eigenvalue weighted by Gasteiger charge is -2.06. The lowest BCUT2D eigenvalue weighted by Crippen LogP contribution is -2.25. The maximum Gasteiger partial charge on any atom is 0.254 e. The van der Waals surface area contributed by atoms with E-state index in [0.29, 0.717) is 12.1 Å². The third kappa shape index (κ3) is 5.33. The van der Waals surface area contributed by atoms with Gasteiger partial charge in [-0.3, -0.25) is 4.79 Å². The zero-order valence-electron chi connectivity index (χ0n) is 10.8.